The van der Waals surface area contributed by atoms with Crippen LogP contribution in [-0.2, 0) is 20.9 Å². The second-order valence-electron chi connectivity index (χ2n) is 11.9. The summed E-state index contributed by atoms with van der Waals surface area (Å²) in [6.07, 6.45) is 2.34. The van der Waals surface area contributed by atoms with Crippen LogP contribution in [0, 0.1) is 11.3 Å². The van der Waals surface area contributed by atoms with Gasteiger partial charge in [-0.15, -0.1) is 0 Å². The molecule has 0 radical (unpaired) electrons. The van der Waals surface area contributed by atoms with E-state index in [0.717, 1.165) is 45.4 Å². The molecule has 1 aromatic rings. The monoisotopic (exact) mass is 503 g/mol. The van der Waals surface area contributed by atoms with Crippen LogP contribution in [0.2, 0.25) is 0 Å². The lowest BCUT2D eigenvalue weighted by Gasteiger charge is -2.37. The van der Waals surface area contributed by atoms with Gasteiger partial charge in [0.05, 0.1) is 11.8 Å². The summed E-state index contributed by atoms with van der Waals surface area (Å²) >= 11 is 0. The van der Waals surface area contributed by atoms with Gasteiger partial charge >= 0.3 is 5.97 Å². The standard InChI is InChI=1S/C29H46FN3O3/c1-6-10-24(30)20-32-15-13-25(14-16-32)31-27(35)29(17-26(34)36-28(3,4)5)21-33(18-22(29)2)19-23-11-8-7-9-12-23/h7-9,11-12,22,24-25H,6,10,13-21H2,1-5H3,(H,31,35)/t22-,24?,29+/m0/s1. The molecule has 2 aliphatic rings. The van der Waals surface area contributed by atoms with E-state index in [4.69, 9.17) is 4.74 Å². The minimum Gasteiger partial charge on any atom is -0.460 e. The Kier molecular flexibility index (Phi) is 9.93. The van der Waals surface area contributed by atoms with Crippen molar-refractivity contribution in [1.29, 1.82) is 0 Å². The number of ether oxygens (including phenoxy) is 1. The molecule has 0 aliphatic carbocycles. The Balaban J connectivity index is 1.67. The van der Waals surface area contributed by atoms with Crippen LogP contribution in [0.5, 0.6) is 0 Å². The topological polar surface area (TPSA) is 61.9 Å². The number of nitrogens with one attached hydrogen (secondary N) is 1. The van der Waals surface area contributed by atoms with E-state index in [1.165, 1.54) is 5.56 Å². The molecule has 36 heavy (non-hydrogen) atoms. The zero-order valence-electron chi connectivity index (χ0n) is 22.9. The van der Waals surface area contributed by atoms with Crippen molar-refractivity contribution in [2.45, 2.75) is 91.1 Å². The lowest BCUT2D eigenvalue weighted by Crippen LogP contribution is -2.53. The zero-order chi connectivity index (χ0) is 26.3. The van der Waals surface area contributed by atoms with Gasteiger partial charge in [0, 0.05) is 45.3 Å². The Morgan fingerprint density at radius 3 is 2.44 bits per heavy atom. The molecule has 2 saturated heterocycles. The van der Waals surface area contributed by atoms with E-state index in [9.17, 15) is 14.0 Å². The number of alkyl halides is 1. The van der Waals surface area contributed by atoms with Gasteiger partial charge in [0.15, 0.2) is 0 Å². The Hall–Kier alpha value is -1.99. The average Bonchev–Trinajstić information content (AvgIpc) is 3.10. The van der Waals surface area contributed by atoms with Crippen molar-refractivity contribution in [2.24, 2.45) is 11.3 Å². The number of piperidine rings is 1. The Labute approximate surface area is 216 Å². The molecule has 2 aliphatic heterocycles. The van der Waals surface area contributed by atoms with Gasteiger partial charge in [-0.3, -0.25) is 14.5 Å². The molecule has 1 unspecified atom stereocenters. The number of carbonyl (C=O) groups is 2. The van der Waals surface area contributed by atoms with E-state index in [0.29, 0.717) is 19.5 Å². The van der Waals surface area contributed by atoms with Crippen LogP contribution in [0.3, 0.4) is 0 Å². The highest BCUT2D eigenvalue weighted by molar-refractivity contribution is 5.88. The third-order valence-electron chi connectivity index (χ3n) is 7.54. The number of amides is 1. The summed E-state index contributed by atoms with van der Waals surface area (Å²) in [4.78, 5) is 31.3. The molecule has 7 heteroatoms. The fourth-order valence-electron chi connectivity index (χ4n) is 5.66. The first-order valence-corrected chi connectivity index (χ1v) is 13.7. The maximum absolute atomic E-state index is 14.1. The predicted molar refractivity (Wildman–Crippen MR) is 141 cm³/mol. The normalized spacial score (nSPS) is 25.0. The summed E-state index contributed by atoms with van der Waals surface area (Å²) in [6.45, 7) is 13.7. The van der Waals surface area contributed by atoms with E-state index < -0.39 is 17.2 Å². The number of halogens is 1. The van der Waals surface area contributed by atoms with E-state index in [2.05, 4.69) is 34.2 Å². The second-order valence-corrected chi connectivity index (χ2v) is 11.9. The maximum atomic E-state index is 14.1. The van der Waals surface area contributed by atoms with Crippen molar-refractivity contribution >= 4 is 11.9 Å². The highest BCUT2D eigenvalue weighted by Gasteiger charge is 2.52. The molecular weight excluding hydrogens is 457 g/mol. The van der Waals surface area contributed by atoms with Gasteiger partial charge in [0.2, 0.25) is 5.91 Å². The quantitative estimate of drug-likeness (QED) is 0.474. The lowest BCUT2D eigenvalue weighted by molar-refractivity contribution is -0.161. The summed E-state index contributed by atoms with van der Waals surface area (Å²) < 4.78 is 19.7. The molecular formula is C29H46FN3O3. The second kappa shape index (κ2) is 12.5. The van der Waals surface area contributed by atoms with Crippen molar-refractivity contribution in [3.63, 3.8) is 0 Å². The van der Waals surface area contributed by atoms with E-state index in [1.807, 2.05) is 45.9 Å². The minimum absolute atomic E-state index is 0.00941. The molecule has 0 saturated carbocycles. The van der Waals surface area contributed by atoms with Crippen LogP contribution >= 0.6 is 0 Å². The highest BCUT2D eigenvalue weighted by Crippen LogP contribution is 2.41. The fourth-order valence-corrected chi connectivity index (χ4v) is 5.66. The number of esters is 1. The van der Waals surface area contributed by atoms with Crippen LogP contribution in [0.1, 0.15) is 72.3 Å². The number of hydrogen-bond acceptors (Lipinski definition) is 5. The van der Waals surface area contributed by atoms with Gasteiger partial charge in [-0.05, 0) is 51.5 Å². The number of carbonyl (C=O) groups excluding carboxylic acids is 2. The number of likely N-dealkylation sites (tertiary alicyclic amines) is 2. The fraction of sp³-hybridized carbons (Fsp3) is 0.724. The van der Waals surface area contributed by atoms with Gasteiger partial charge in [-0.2, -0.15) is 0 Å². The predicted octanol–water partition coefficient (Wildman–Crippen LogP) is 4.58. The van der Waals surface area contributed by atoms with Gasteiger partial charge in [0.25, 0.3) is 0 Å². The first kappa shape index (κ1) is 28.6. The van der Waals surface area contributed by atoms with Crippen molar-refractivity contribution in [2.75, 3.05) is 32.7 Å². The van der Waals surface area contributed by atoms with E-state index in [-0.39, 0.29) is 30.3 Å². The SMILES string of the molecule is CCCC(F)CN1CCC(NC(=O)[C@]2(CC(=O)OC(C)(C)C)CN(Cc3ccccc3)C[C@@H]2C)CC1. The molecule has 0 spiro atoms. The largest absolute Gasteiger partial charge is 0.460 e. The molecule has 1 amide bonds. The summed E-state index contributed by atoms with van der Waals surface area (Å²) in [5.74, 6) is -0.370. The van der Waals surface area contributed by atoms with Crippen molar-refractivity contribution in [1.82, 2.24) is 15.1 Å². The van der Waals surface area contributed by atoms with Gasteiger partial charge < -0.3 is 15.0 Å². The van der Waals surface area contributed by atoms with Gasteiger partial charge in [0.1, 0.15) is 11.8 Å². The molecule has 1 aromatic carbocycles. The molecule has 2 heterocycles. The Morgan fingerprint density at radius 1 is 1.17 bits per heavy atom. The number of nitrogens with zero attached hydrogens (tertiary/aromatic N) is 2. The van der Waals surface area contributed by atoms with Gasteiger partial charge in [-0.25, -0.2) is 4.39 Å². The summed E-state index contributed by atoms with van der Waals surface area (Å²) in [5.41, 5.74) is -0.238. The average molecular weight is 504 g/mol. The summed E-state index contributed by atoms with van der Waals surface area (Å²) in [6, 6.07) is 10.3. The molecule has 202 valence electrons. The summed E-state index contributed by atoms with van der Waals surface area (Å²) in [7, 11) is 0. The Morgan fingerprint density at radius 2 is 1.83 bits per heavy atom. The van der Waals surface area contributed by atoms with Gasteiger partial charge in [-0.1, -0.05) is 50.6 Å². The van der Waals surface area contributed by atoms with Crippen LogP contribution in [-0.4, -0.2) is 72.2 Å². The van der Waals surface area contributed by atoms with E-state index >= 15 is 0 Å². The zero-order valence-corrected chi connectivity index (χ0v) is 22.9. The lowest BCUT2D eigenvalue weighted by atomic mass is 9.75. The molecule has 3 atom stereocenters. The van der Waals surface area contributed by atoms with Crippen molar-refractivity contribution in [3.05, 3.63) is 35.9 Å². The molecule has 0 aromatic heterocycles. The molecule has 1 N–H and O–H groups in total. The number of rotatable bonds is 10. The number of benzene rings is 1. The molecule has 3 rings (SSSR count). The first-order valence-electron chi connectivity index (χ1n) is 13.7. The minimum atomic E-state index is -0.834. The number of hydrogen-bond donors (Lipinski definition) is 1. The van der Waals surface area contributed by atoms with Crippen molar-refractivity contribution in [3.8, 4) is 0 Å². The first-order chi connectivity index (χ1) is 17.0. The van der Waals surface area contributed by atoms with E-state index in [1.54, 1.807) is 0 Å². The van der Waals surface area contributed by atoms with Crippen LogP contribution in [0.4, 0.5) is 4.39 Å². The third kappa shape index (κ3) is 8.01. The molecule has 0 bridgehead atoms. The van der Waals surface area contributed by atoms with Crippen LogP contribution in [0.25, 0.3) is 0 Å². The smallest absolute Gasteiger partial charge is 0.307 e. The third-order valence-corrected chi connectivity index (χ3v) is 7.54. The molecule has 6 nitrogen and oxygen atoms in total. The van der Waals surface area contributed by atoms with Crippen molar-refractivity contribution < 1.29 is 18.7 Å². The molecule has 2 fully saturated rings. The highest BCUT2D eigenvalue weighted by atomic mass is 19.1. The maximum Gasteiger partial charge on any atom is 0.307 e. The summed E-state index contributed by atoms with van der Waals surface area (Å²) in [5, 5.41) is 3.29. The Bertz CT molecular complexity index is 851. The van der Waals surface area contributed by atoms with Crippen LogP contribution in [0.15, 0.2) is 30.3 Å². The van der Waals surface area contributed by atoms with Crippen LogP contribution < -0.4 is 5.32 Å².